The first kappa shape index (κ1) is 11.1. The Morgan fingerprint density at radius 1 is 1.73 bits per heavy atom. The molecule has 66 valence electrons. The number of carbonyl (C=O) groups is 1. The molecule has 1 saturated heterocycles. The lowest BCUT2D eigenvalue weighted by atomic mass is 10.4. The van der Waals surface area contributed by atoms with Gasteiger partial charge in [-0.15, -0.1) is 24.2 Å². The molecule has 5 heteroatoms. The number of hydrogen-bond acceptors (Lipinski definition) is 3. The fourth-order valence-corrected chi connectivity index (χ4v) is 1.88. The largest absolute Gasteiger partial charge is 0.340 e. The molecule has 1 unspecified atom stereocenters. The van der Waals surface area contributed by atoms with E-state index in [2.05, 4.69) is 0 Å². The quantitative estimate of drug-likeness (QED) is 0.606. The van der Waals surface area contributed by atoms with E-state index in [9.17, 15) is 4.79 Å². The van der Waals surface area contributed by atoms with E-state index in [1.165, 1.54) is 0 Å². The lowest BCUT2D eigenvalue weighted by molar-refractivity contribution is -0.128. The molecule has 1 amide bonds. The van der Waals surface area contributed by atoms with Crippen LogP contribution < -0.4 is 5.73 Å². The van der Waals surface area contributed by atoms with E-state index >= 15 is 0 Å². The smallest absolute Gasteiger partial charge is 0.219 e. The third-order valence-corrected chi connectivity index (χ3v) is 2.53. The molecule has 0 saturated carbocycles. The predicted molar refractivity (Wildman–Crippen MR) is 49.9 cm³/mol. The molecule has 0 aromatic carbocycles. The molecule has 1 aliphatic heterocycles. The number of thioether (sulfide) groups is 1. The number of carbonyl (C=O) groups excluding carboxylic acids is 1. The second kappa shape index (κ2) is 4.85. The molecular formula is C6H13ClN2OS. The van der Waals surface area contributed by atoms with Gasteiger partial charge in [0.15, 0.2) is 0 Å². The van der Waals surface area contributed by atoms with Gasteiger partial charge in [0.2, 0.25) is 5.91 Å². The van der Waals surface area contributed by atoms with Crippen molar-refractivity contribution >= 4 is 30.1 Å². The van der Waals surface area contributed by atoms with E-state index in [1.54, 1.807) is 23.6 Å². The Morgan fingerprint density at radius 3 is 2.73 bits per heavy atom. The number of nitrogens with zero attached hydrogens (tertiary/aromatic N) is 1. The van der Waals surface area contributed by atoms with Gasteiger partial charge in [-0.25, -0.2) is 0 Å². The predicted octanol–water partition coefficient (Wildman–Crippen LogP) is 0.288. The molecule has 2 N–H and O–H groups in total. The zero-order valence-corrected chi connectivity index (χ0v) is 8.08. The maximum atomic E-state index is 10.8. The van der Waals surface area contributed by atoms with Gasteiger partial charge in [0.1, 0.15) is 0 Å². The van der Waals surface area contributed by atoms with Crippen molar-refractivity contribution in [2.24, 2.45) is 5.73 Å². The second-order valence-electron chi connectivity index (χ2n) is 2.37. The van der Waals surface area contributed by atoms with Crippen molar-refractivity contribution in [1.29, 1.82) is 0 Å². The van der Waals surface area contributed by atoms with Crippen LogP contribution in [-0.4, -0.2) is 35.0 Å². The van der Waals surface area contributed by atoms with E-state index in [4.69, 9.17) is 5.73 Å². The van der Waals surface area contributed by atoms with Crippen LogP contribution in [0.25, 0.3) is 0 Å². The highest BCUT2D eigenvalue weighted by Crippen LogP contribution is 2.13. The lowest BCUT2D eigenvalue weighted by Crippen LogP contribution is -2.43. The van der Waals surface area contributed by atoms with Gasteiger partial charge in [0.05, 0.1) is 5.37 Å². The zero-order chi connectivity index (χ0) is 7.56. The van der Waals surface area contributed by atoms with E-state index in [-0.39, 0.29) is 23.7 Å². The molecule has 0 aromatic heterocycles. The summed E-state index contributed by atoms with van der Waals surface area (Å²) in [7, 11) is 0. The number of amides is 1. The van der Waals surface area contributed by atoms with Gasteiger partial charge >= 0.3 is 0 Å². The summed E-state index contributed by atoms with van der Waals surface area (Å²) in [5, 5.41) is 0.123. The minimum Gasteiger partial charge on any atom is -0.340 e. The molecule has 0 radical (unpaired) electrons. The van der Waals surface area contributed by atoms with Gasteiger partial charge in [0.25, 0.3) is 0 Å². The number of rotatable bonds is 0. The third kappa shape index (κ3) is 3.31. The zero-order valence-electron chi connectivity index (χ0n) is 6.45. The van der Waals surface area contributed by atoms with Crippen LogP contribution in [-0.2, 0) is 4.79 Å². The first-order valence-corrected chi connectivity index (χ1v) is 4.37. The van der Waals surface area contributed by atoms with Crippen molar-refractivity contribution < 1.29 is 4.79 Å². The molecule has 1 heterocycles. The summed E-state index contributed by atoms with van der Waals surface area (Å²) in [5.74, 6) is 1.11. The van der Waals surface area contributed by atoms with Gasteiger partial charge in [-0.2, -0.15) is 0 Å². The van der Waals surface area contributed by atoms with Crippen LogP contribution in [0.2, 0.25) is 0 Å². The summed E-state index contributed by atoms with van der Waals surface area (Å²) in [4.78, 5) is 12.6. The van der Waals surface area contributed by atoms with Crippen molar-refractivity contribution in [3.05, 3.63) is 0 Å². The maximum absolute atomic E-state index is 10.8. The minimum absolute atomic E-state index is 0. The topological polar surface area (TPSA) is 46.3 Å². The van der Waals surface area contributed by atoms with Crippen molar-refractivity contribution in [3.8, 4) is 0 Å². The Kier molecular flexibility index (Phi) is 4.88. The van der Waals surface area contributed by atoms with Crippen LogP contribution >= 0.6 is 24.2 Å². The summed E-state index contributed by atoms with van der Waals surface area (Å²) in [6.45, 7) is 3.15. The van der Waals surface area contributed by atoms with Crippen LogP contribution in [0.1, 0.15) is 6.92 Å². The van der Waals surface area contributed by atoms with Crippen LogP contribution in [0.3, 0.4) is 0 Å². The van der Waals surface area contributed by atoms with Crippen LogP contribution in [0.4, 0.5) is 0 Å². The number of nitrogens with two attached hydrogens (primary N) is 1. The molecule has 1 fully saturated rings. The lowest BCUT2D eigenvalue weighted by Gasteiger charge is -2.29. The molecule has 1 aliphatic rings. The summed E-state index contributed by atoms with van der Waals surface area (Å²) in [5.41, 5.74) is 5.63. The van der Waals surface area contributed by atoms with Crippen molar-refractivity contribution in [2.75, 3.05) is 18.8 Å². The SMILES string of the molecule is CC(=O)N1CCSC(N)C1.Cl. The molecule has 0 aromatic rings. The second-order valence-corrected chi connectivity index (χ2v) is 3.72. The summed E-state index contributed by atoms with van der Waals surface area (Å²) < 4.78 is 0. The van der Waals surface area contributed by atoms with Crippen LogP contribution in [0.5, 0.6) is 0 Å². The van der Waals surface area contributed by atoms with E-state index in [1.807, 2.05) is 0 Å². The van der Waals surface area contributed by atoms with E-state index in [0.29, 0.717) is 6.54 Å². The van der Waals surface area contributed by atoms with Gasteiger partial charge in [-0.3, -0.25) is 4.79 Å². The fourth-order valence-electron chi connectivity index (χ4n) is 0.961. The Balaban J connectivity index is 0.000001000. The Morgan fingerprint density at radius 2 is 2.36 bits per heavy atom. The summed E-state index contributed by atoms with van der Waals surface area (Å²) in [6, 6.07) is 0. The van der Waals surface area contributed by atoms with Crippen LogP contribution in [0.15, 0.2) is 0 Å². The highest BCUT2D eigenvalue weighted by atomic mass is 35.5. The van der Waals surface area contributed by atoms with E-state index < -0.39 is 0 Å². The van der Waals surface area contributed by atoms with Gasteiger partial charge in [0, 0.05) is 25.8 Å². The first-order chi connectivity index (χ1) is 4.70. The molecule has 3 nitrogen and oxygen atoms in total. The molecule has 0 spiro atoms. The van der Waals surface area contributed by atoms with Gasteiger partial charge in [-0.05, 0) is 0 Å². The fraction of sp³-hybridized carbons (Fsp3) is 0.833. The molecule has 1 rings (SSSR count). The monoisotopic (exact) mass is 196 g/mol. The minimum atomic E-state index is 0. The summed E-state index contributed by atoms with van der Waals surface area (Å²) in [6.07, 6.45) is 0. The van der Waals surface area contributed by atoms with Gasteiger partial charge < -0.3 is 10.6 Å². The van der Waals surface area contributed by atoms with Crippen molar-refractivity contribution in [3.63, 3.8) is 0 Å². The first-order valence-electron chi connectivity index (χ1n) is 3.33. The highest BCUT2D eigenvalue weighted by molar-refractivity contribution is 7.99. The Labute approximate surface area is 77.1 Å². The molecule has 1 atom stereocenters. The van der Waals surface area contributed by atoms with Crippen molar-refractivity contribution in [2.45, 2.75) is 12.3 Å². The van der Waals surface area contributed by atoms with E-state index in [0.717, 1.165) is 12.3 Å². The third-order valence-electron chi connectivity index (χ3n) is 1.54. The van der Waals surface area contributed by atoms with Gasteiger partial charge in [-0.1, -0.05) is 0 Å². The molecule has 0 bridgehead atoms. The molecule has 11 heavy (non-hydrogen) atoms. The average Bonchev–Trinajstić information content (AvgIpc) is 1.88. The number of halogens is 1. The van der Waals surface area contributed by atoms with Crippen LogP contribution in [0, 0.1) is 0 Å². The van der Waals surface area contributed by atoms with Crippen molar-refractivity contribution in [1.82, 2.24) is 4.90 Å². The summed E-state index contributed by atoms with van der Waals surface area (Å²) >= 11 is 1.72. The molecular weight excluding hydrogens is 184 g/mol. The highest BCUT2D eigenvalue weighted by Gasteiger charge is 2.18. The standard InChI is InChI=1S/C6H12N2OS.ClH/c1-5(9)8-2-3-10-6(7)4-8;/h6H,2-4,7H2,1H3;1H. The normalized spacial score (nSPS) is 24.2. The Bertz CT molecular complexity index is 145. The number of hydrogen-bond donors (Lipinski definition) is 1. The average molecular weight is 197 g/mol. The Hall–Kier alpha value is 0.0700. The maximum Gasteiger partial charge on any atom is 0.219 e. The molecule has 0 aliphatic carbocycles.